The Bertz CT molecular complexity index is 741. The third-order valence-corrected chi connectivity index (χ3v) is 6.80. The molecule has 1 aromatic rings. The molecule has 3 aliphatic rings. The lowest BCUT2D eigenvalue weighted by Gasteiger charge is -2.37. The van der Waals surface area contributed by atoms with E-state index in [0.29, 0.717) is 25.9 Å². The molecule has 3 heterocycles. The molecular formula is C21H29FN4O3. The molecular weight excluding hydrogens is 375 g/mol. The van der Waals surface area contributed by atoms with Gasteiger partial charge in [-0.1, -0.05) is 0 Å². The second-order valence-corrected chi connectivity index (χ2v) is 8.52. The van der Waals surface area contributed by atoms with Crippen LogP contribution < -0.4 is 10.2 Å². The highest BCUT2D eigenvalue weighted by molar-refractivity contribution is 5.85. The van der Waals surface area contributed by atoms with Crippen molar-refractivity contribution in [3.05, 3.63) is 30.1 Å². The molecule has 0 radical (unpaired) electrons. The Balaban J connectivity index is 1.22. The van der Waals surface area contributed by atoms with Crippen LogP contribution in [0.2, 0.25) is 0 Å². The molecule has 3 saturated heterocycles. The van der Waals surface area contributed by atoms with Crippen molar-refractivity contribution >= 4 is 17.7 Å². The van der Waals surface area contributed by atoms with E-state index < -0.39 is 6.09 Å². The highest BCUT2D eigenvalue weighted by atomic mass is 19.1. The highest BCUT2D eigenvalue weighted by Crippen LogP contribution is 2.41. The van der Waals surface area contributed by atoms with Crippen LogP contribution in [0.25, 0.3) is 0 Å². The van der Waals surface area contributed by atoms with Gasteiger partial charge in [-0.05, 0) is 49.9 Å². The van der Waals surface area contributed by atoms with Gasteiger partial charge in [0.15, 0.2) is 0 Å². The summed E-state index contributed by atoms with van der Waals surface area (Å²) in [5.74, 6) is -0.105. The Morgan fingerprint density at radius 3 is 2.38 bits per heavy atom. The van der Waals surface area contributed by atoms with Gasteiger partial charge in [0.05, 0.1) is 5.41 Å². The van der Waals surface area contributed by atoms with E-state index in [-0.39, 0.29) is 23.2 Å². The fourth-order valence-electron chi connectivity index (χ4n) is 4.91. The summed E-state index contributed by atoms with van der Waals surface area (Å²) in [5.41, 5.74) is 0.682. The molecule has 1 aromatic carbocycles. The molecule has 7 nitrogen and oxygen atoms in total. The normalized spacial score (nSPS) is 24.7. The molecule has 2 amide bonds. The number of nitrogens with zero attached hydrogens (tertiary/aromatic N) is 3. The number of carbonyl (C=O) groups excluding carboxylic acids is 1. The number of halogens is 1. The Hall–Kier alpha value is -2.35. The Morgan fingerprint density at radius 2 is 1.76 bits per heavy atom. The number of hydrogen-bond acceptors (Lipinski definition) is 4. The molecule has 3 aliphatic heterocycles. The maximum atomic E-state index is 13.1. The lowest BCUT2D eigenvalue weighted by molar-refractivity contribution is -0.129. The molecule has 8 heteroatoms. The topological polar surface area (TPSA) is 76.1 Å². The number of rotatable bonds is 4. The van der Waals surface area contributed by atoms with Crippen molar-refractivity contribution in [2.45, 2.75) is 31.7 Å². The van der Waals surface area contributed by atoms with Gasteiger partial charge in [-0.15, -0.1) is 0 Å². The van der Waals surface area contributed by atoms with Crippen LogP contribution in [-0.4, -0.2) is 78.8 Å². The van der Waals surface area contributed by atoms with Crippen LogP contribution >= 0.6 is 0 Å². The van der Waals surface area contributed by atoms with Gasteiger partial charge in [0.1, 0.15) is 5.82 Å². The van der Waals surface area contributed by atoms with Gasteiger partial charge in [0.25, 0.3) is 0 Å². The fraction of sp³-hybridized carbons (Fsp3) is 0.619. The molecule has 3 fully saturated rings. The molecule has 0 aliphatic carbocycles. The van der Waals surface area contributed by atoms with Crippen LogP contribution in [0, 0.1) is 11.2 Å². The molecule has 1 unspecified atom stereocenters. The summed E-state index contributed by atoms with van der Waals surface area (Å²) in [6.07, 6.45) is 2.09. The molecule has 158 valence electrons. The van der Waals surface area contributed by atoms with Crippen LogP contribution in [0.1, 0.15) is 25.7 Å². The molecule has 0 saturated carbocycles. The van der Waals surface area contributed by atoms with Crippen LogP contribution in [0.3, 0.4) is 0 Å². The van der Waals surface area contributed by atoms with Crippen molar-refractivity contribution in [2.75, 3.05) is 50.7 Å². The molecule has 0 bridgehead atoms. The van der Waals surface area contributed by atoms with E-state index in [2.05, 4.69) is 15.1 Å². The minimum Gasteiger partial charge on any atom is -0.465 e. The summed E-state index contributed by atoms with van der Waals surface area (Å²) in [6, 6.07) is 6.83. The molecule has 1 spiro atoms. The van der Waals surface area contributed by atoms with Gasteiger partial charge < -0.3 is 20.2 Å². The smallest absolute Gasteiger partial charge is 0.407 e. The summed E-state index contributed by atoms with van der Waals surface area (Å²) in [4.78, 5) is 29.8. The predicted octanol–water partition coefficient (Wildman–Crippen LogP) is 1.99. The number of likely N-dealkylation sites (tertiary alicyclic amines) is 1. The lowest BCUT2D eigenvalue weighted by atomic mass is 9.76. The second-order valence-electron chi connectivity index (χ2n) is 8.52. The summed E-state index contributed by atoms with van der Waals surface area (Å²) >= 11 is 0. The quantitative estimate of drug-likeness (QED) is 0.803. The van der Waals surface area contributed by atoms with Crippen LogP contribution in [-0.2, 0) is 4.79 Å². The molecule has 4 rings (SSSR count). The lowest BCUT2D eigenvalue weighted by Crippen LogP contribution is -2.47. The van der Waals surface area contributed by atoms with Crippen molar-refractivity contribution in [1.82, 2.24) is 15.1 Å². The van der Waals surface area contributed by atoms with Gasteiger partial charge >= 0.3 is 6.09 Å². The average Bonchev–Trinajstić information content (AvgIpc) is 3.03. The number of carboxylic acid groups (broad SMARTS) is 1. The molecule has 1 atom stereocenters. The maximum absolute atomic E-state index is 13.1. The van der Waals surface area contributed by atoms with Gasteiger partial charge in [0.2, 0.25) is 5.91 Å². The number of piperidine rings is 1. The first-order valence-electron chi connectivity index (χ1n) is 10.5. The van der Waals surface area contributed by atoms with E-state index in [0.717, 1.165) is 51.3 Å². The third kappa shape index (κ3) is 4.32. The van der Waals surface area contributed by atoms with Crippen LogP contribution in [0.15, 0.2) is 24.3 Å². The minimum absolute atomic E-state index is 0.105. The first kappa shape index (κ1) is 19.9. The van der Waals surface area contributed by atoms with Gasteiger partial charge in [-0.2, -0.15) is 0 Å². The number of piperazine rings is 1. The van der Waals surface area contributed by atoms with E-state index in [9.17, 15) is 14.0 Å². The van der Waals surface area contributed by atoms with E-state index in [4.69, 9.17) is 5.11 Å². The molecule has 29 heavy (non-hydrogen) atoms. The number of amides is 2. The van der Waals surface area contributed by atoms with E-state index >= 15 is 0 Å². The predicted molar refractivity (Wildman–Crippen MR) is 107 cm³/mol. The number of nitrogens with one attached hydrogen (secondary N) is 1. The fourth-order valence-corrected chi connectivity index (χ4v) is 4.91. The van der Waals surface area contributed by atoms with E-state index in [1.807, 2.05) is 12.1 Å². The summed E-state index contributed by atoms with van der Waals surface area (Å²) < 4.78 is 13.1. The molecule has 2 N–H and O–H groups in total. The van der Waals surface area contributed by atoms with Crippen LogP contribution in [0.4, 0.5) is 14.9 Å². The Morgan fingerprint density at radius 1 is 1.10 bits per heavy atom. The number of anilines is 1. The van der Waals surface area contributed by atoms with Crippen molar-refractivity contribution < 1.29 is 19.1 Å². The second kappa shape index (κ2) is 8.18. The summed E-state index contributed by atoms with van der Waals surface area (Å²) in [6.45, 7) is 5.57. The maximum Gasteiger partial charge on any atom is 0.407 e. The number of carbonyl (C=O) groups is 2. The van der Waals surface area contributed by atoms with E-state index in [1.165, 1.54) is 17.0 Å². The minimum atomic E-state index is -0.894. The zero-order valence-corrected chi connectivity index (χ0v) is 16.6. The Labute approximate surface area is 170 Å². The average molecular weight is 404 g/mol. The third-order valence-electron chi connectivity index (χ3n) is 6.80. The van der Waals surface area contributed by atoms with Crippen LogP contribution in [0.5, 0.6) is 0 Å². The van der Waals surface area contributed by atoms with Gasteiger partial charge in [-0.3, -0.25) is 9.69 Å². The SMILES string of the molecule is O=C(O)N1CCC2(CC1)CC(CCN1CCN(c3ccc(F)cc3)CC1)NC2=O. The van der Waals surface area contributed by atoms with Crippen molar-refractivity contribution in [3.8, 4) is 0 Å². The van der Waals surface area contributed by atoms with Gasteiger partial charge in [0, 0.05) is 57.5 Å². The zero-order chi connectivity index (χ0) is 20.4. The Kier molecular flexibility index (Phi) is 5.63. The largest absolute Gasteiger partial charge is 0.465 e. The molecule has 0 aromatic heterocycles. The standard InChI is InChI=1S/C21H29FN4O3/c22-16-1-3-18(4-2-16)25-13-11-24(12-14-25)8-5-17-15-21(19(27)23-17)6-9-26(10-7-21)20(28)29/h1-4,17H,5-15H2,(H,23,27)(H,28,29). The first-order valence-corrected chi connectivity index (χ1v) is 10.5. The summed E-state index contributed by atoms with van der Waals surface area (Å²) in [7, 11) is 0. The number of hydrogen-bond donors (Lipinski definition) is 2. The monoisotopic (exact) mass is 404 g/mol. The van der Waals surface area contributed by atoms with E-state index in [1.54, 1.807) is 0 Å². The van der Waals surface area contributed by atoms with Crippen molar-refractivity contribution in [2.24, 2.45) is 5.41 Å². The van der Waals surface area contributed by atoms with Crippen molar-refractivity contribution in [1.29, 1.82) is 0 Å². The number of benzene rings is 1. The van der Waals surface area contributed by atoms with Crippen molar-refractivity contribution in [3.63, 3.8) is 0 Å². The highest BCUT2D eigenvalue weighted by Gasteiger charge is 2.48. The first-order chi connectivity index (χ1) is 13.9. The zero-order valence-electron chi connectivity index (χ0n) is 16.6. The van der Waals surface area contributed by atoms with Gasteiger partial charge in [-0.25, -0.2) is 9.18 Å². The summed E-state index contributed by atoms with van der Waals surface area (Å²) in [5, 5.41) is 12.3.